The van der Waals surface area contributed by atoms with E-state index in [1.807, 2.05) is 26.2 Å². The van der Waals surface area contributed by atoms with E-state index in [0.29, 0.717) is 21.6 Å². The van der Waals surface area contributed by atoms with Crippen molar-refractivity contribution in [2.24, 2.45) is 0 Å². The van der Waals surface area contributed by atoms with Gasteiger partial charge in [0.2, 0.25) is 0 Å². The number of rotatable bonds is 7. The van der Waals surface area contributed by atoms with E-state index >= 15 is 0 Å². The lowest BCUT2D eigenvalue weighted by Crippen LogP contribution is -2.43. The smallest absolute Gasteiger partial charge is 0.153 e. The van der Waals surface area contributed by atoms with Crippen LogP contribution in [0.4, 0.5) is 0 Å². The number of hydrogen-bond donors (Lipinski definition) is 0. The summed E-state index contributed by atoms with van der Waals surface area (Å²) < 4.78 is 0. The molecule has 116 valence electrons. The molecule has 0 atom stereocenters. The zero-order valence-corrected chi connectivity index (χ0v) is 14.8. The molecule has 0 heterocycles. The van der Waals surface area contributed by atoms with E-state index in [9.17, 15) is 4.79 Å². The predicted molar refractivity (Wildman–Crippen MR) is 92.9 cm³/mol. The van der Waals surface area contributed by atoms with Gasteiger partial charge in [0.25, 0.3) is 0 Å². The first-order chi connectivity index (χ1) is 9.95. The van der Waals surface area contributed by atoms with Crippen molar-refractivity contribution in [3.8, 4) is 0 Å². The molecule has 0 aliphatic heterocycles. The Balaban J connectivity index is 2.03. The standard InChI is InChI=1S/C16H21Cl2NOS/c1-19(2)8-9-21-11-15(20)16(6-3-7-16)12-4-5-13(17)14(18)10-12/h4-5,10H,3,6-9,11H2,1-2H3. The summed E-state index contributed by atoms with van der Waals surface area (Å²) in [5, 5.41) is 1.08. The second-order valence-corrected chi connectivity index (χ2v) is 7.76. The second-order valence-electron chi connectivity index (χ2n) is 5.84. The fraction of sp³-hybridized carbons (Fsp3) is 0.562. The Morgan fingerprint density at radius 3 is 2.52 bits per heavy atom. The van der Waals surface area contributed by atoms with E-state index in [-0.39, 0.29) is 5.41 Å². The van der Waals surface area contributed by atoms with Gasteiger partial charge in [0.05, 0.1) is 21.2 Å². The van der Waals surface area contributed by atoms with Crippen LogP contribution in [0.1, 0.15) is 24.8 Å². The van der Waals surface area contributed by atoms with Crippen molar-refractivity contribution in [3.05, 3.63) is 33.8 Å². The minimum absolute atomic E-state index is 0.320. The molecule has 1 aliphatic carbocycles. The van der Waals surface area contributed by atoms with Gasteiger partial charge >= 0.3 is 0 Å². The number of thioether (sulfide) groups is 1. The molecule has 2 nitrogen and oxygen atoms in total. The van der Waals surface area contributed by atoms with Gasteiger partial charge in [-0.3, -0.25) is 4.79 Å². The minimum atomic E-state index is -0.320. The Morgan fingerprint density at radius 2 is 2.00 bits per heavy atom. The zero-order valence-electron chi connectivity index (χ0n) is 12.5. The fourth-order valence-electron chi connectivity index (χ4n) is 2.60. The number of halogens is 2. The van der Waals surface area contributed by atoms with Crippen LogP contribution in [0.15, 0.2) is 18.2 Å². The largest absolute Gasteiger partial charge is 0.309 e. The molecule has 0 saturated heterocycles. The number of hydrogen-bond acceptors (Lipinski definition) is 3. The van der Waals surface area contributed by atoms with E-state index in [1.165, 1.54) is 0 Å². The molecule has 2 rings (SSSR count). The molecule has 0 N–H and O–H groups in total. The molecule has 21 heavy (non-hydrogen) atoms. The average molecular weight is 346 g/mol. The molecule has 1 aromatic rings. The molecule has 1 fully saturated rings. The number of carbonyl (C=O) groups is 1. The number of Topliss-reactive ketones (excluding diaryl/α,β-unsaturated/α-hetero) is 1. The topological polar surface area (TPSA) is 20.3 Å². The van der Waals surface area contributed by atoms with Crippen LogP contribution < -0.4 is 0 Å². The number of carbonyl (C=O) groups excluding carboxylic acids is 1. The zero-order chi connectivity index (χ0) is 15.5. The van der Waals surface area contributed by atoms with Crippen LogP contribution in [0.5, 0.6) is 0 Å². The van der Waals surface area contributed by atoms with Gasteiger partial charge in [-0.2, -0.15) is 11.8 Å². The third-order valence-corrected chi connectivity index (χ3v) is 5.81. The van der Waals surface area contributed by atoms with E-state index < -0.39 is 0 Å². The maximum atomic E-state index is 12.7. The van der Waals surface area contributed by atoms with Crippen LogP contribution in [-0.2, 0) is 10.2 Å². The highest BCUT2D eigenvalue weighted by Crippen LogP contribution is 2.46. The summed E-state index contributed by atoms with van der Waals surface area (Å²) in [5.74, 6) is 1.89. The number of nitrogens with zero attached hydrogens (tertiary/aromatic N) is 1. The summed E-state index contributed by atoms with van der Waals surface area (Å²) in [6.07, 6.45) is 2.96. The van der Waals surface area contributed by atoms with Crippen molar-refractivity contribution in [2.75, 3.05) is 32.1 Å². The van der Waals surface area contributed by atoms with Crippen molar-refractivity contribution in [1.29, 1.82) is 0 Å². The molecule has 5 heteroatoms. The molecule has 0 radical (unpaired) electrons. The van der Waals surface area contributed by atoms with E-state index in [0.717, 1.165) is 37.1 Å². The lowest BCUT2D eigenvalue weighted by atomic mass is 9.62. The van der Waals surface area contributed by atoms with Gasteiger partial charge in [0.1, 0.15) is 0 Å². The highest BCUT2D eigenvalue weighted by Gasteiger charge is 2.44. The van der Waals surface area contributed by atoms with Crippen LogP contribution in [0.25, 0.3) is 0 Å². The monoisotopic (exact) mass is 345 g/mol. The van der Waals surface area contributed by atoms with Gasteiger partial charge in [-0.25, -0.2) is 0 Å². The lowest BCUT2D eigenvalue weighted by Gasteiger charge is -2.41. The quantitative estimate of drug-likeness (QED) is 0.688. The van der Waals surface area contributed by atoms with E-state index in [4.69, 9.17) is 23.2 Å². The lowest BCUT2D eigenvalue weighted by molar-refractivity contribution is -0.125. The van der Waals surface area contributed by atoms with Crippen LogP contribution in [-0.4, -0.2) is 42.8 Å². The van der Waals surface area contributed by atoms with E-state index in [2.05, 4.69) is 4.90 Å². The van der Waals surface area contributed by atoms with Gasteiger partial charge in [0, 0.05) is 12.3 Å². The number of ketones is 1. The normalized spacial score (nSPS) is 16.8. The molecule has 0 unspecified atom stereocenters. The molecular weight excluding hydrogens is 325 g/mol. The van der Waals surface area contributed by atoms with E-state index in [1.54, 1.807) is 17.8 Å². The van der Waals surface area contributed by atoms with Gasteiger partial charge in [-0.15, -0.1) is 0 Å². The third-order valence-electron chi connectivity index (χ3n) is 4.13. The first kappa shape index (κ1) is 17.1. The summed E-state index contributed by atoms with van der Waals surface area (Å²) in [6.45, 7) is 0.998. The molecule has 1 saturated carbocycles. The minimum Gasteiger partial charge on any atom is -0.309 e. The maximum Gasteiger partial charge on any atom is 0.153 e. The molecule has 0 spiro atoms. The summed E-state index contributed by atoms with van der Waals surface area (Å²) >= 11 is 13.8. The average Bonchev–Trinajstić information content (AvgIpc) is 2.37. The van der Waals surface area contributed by atoms with Gasteiger partial charge < -0.3 is 4.90 Å². The molecule has 1 aliphatic rings. The fourth-order valence-corrected chi connectivity index (χ4v) is 4.00. The van der Waals surface area contributed by atoms with Crippen LogP contribution in [0, 0.1) is 0 Å². The molecule has 0 amide bonds. The highest BCUT2D eigenvalue weighted by atomic mass is 35.5. The summed E-state index contributed by atoms with van der Waals surface area (Å²) in [4.78, 5) is 14.8. The highest BCUT2D eigenvalue weighted by molar-refractivity contribution is 7.99. The molecule has 0 bridgehead atoms. The predicted octanol–water partition coefficient (Wildman–Crippen LogP) is 4.28. The van der Waals surface area contributed by atoms with Gasteiger partial charge in [-0.05, 0) is 44.6 Å². The van der Waals surface area contributed by atoms with Crippen molar-refractivity contribution in [2.45, 2.75) is 24.7 Å². The van der Waals surface area contributed by atoms with Crippen LogP contribution >= 0.6 is 35.0 Å². The summed E-state index contributed by atoms with van der Waals surface area (Å²) in [7, 11) is 4.09. The van der Waals surface area contributed by atoms with Crippen LogP contribution in [0.2, 0.25) is 10.0 Å². The van der Waals surface area contributed by atoms with Gasteiger partial charge in [0.15, 0.2) is 5.78 Å². The molecular formula is C16H21Cl2NOS. The number of benzene rings is 1. The first-order valence-electron chi connectivity index (χ1n) is 7.17. The Morgan fingerprint density at radius 1 is 1.29 bits per heavy atom. The second kappa shape index (κ2) is 7.36. The third kappa shape index (κ3) is 3.95. The van der Waals surface area contributed by atoms with Crippen molar-refractivity contribution < 1.29 is 4.79 Å². The Bertz CT molecular complexity index is 515. The van der Waals surface area contributed by atoms with Crippen molar-refractivity contribution in [1.82, 2.24) is 4.90 Å². The molecule has 0 aromatic heterocycles. The van der Waals surface area contributed by atoms with Crippen molar-refractivity contribution in [3.63, 3.8) is 0 Å². The van der Waals surface area contributed by atoms with Gasteiger partial charge in [-0.1, -0.05) is 35.7 Å². The molecule has 1 aromatic carbocycles. The van der Waals surface area contributed by atoms with Crippen molar-refractivity contribution >= 4 is 40.7 Å². The SMILES string of the molecule is CN(C)CCSCC(=O)C1(c2ccc(Cl)c(Cl)c2)CCC1. The Hall–Kier alpha value is -0.220. The van der Waals surface area contributed by atoms with Crippen LogP contribution in [0.3, 0.4) is 0 Å². The Labute approximate surface area is 141 Å². The Kier molecular flexibility index (Phi) is 6.01. The summed E-state index contributed by atoms with van der Waals surface area (Å²) in [6, 6.07) is 5.62. The first-order valence-corrected chi connectivity index (χ1v) is 9.08. The maximum absolute atomic E-state index is 12.7. The summed E-state index contributed by atoms with van der Waals surface area (Å²) in [5.41, 5.74) is 0.709.